The molecule has 0 saturated carbocycles. The van der Waals surface area contributed by atoms with Crippen LogP contribution in [0.5, 0.6) is 0 Å². The number of benzene rings is 1. The van der Waals surface area contributed by atoms with Crippen molar-refractivity contribution in [3.8, 4) is 0 Å². The van der Waals surface area contributed by atoms with Crippen LogP contribution in [-0.2, 0) is 21.8 Å². The molecule has 0 N–H and O–H groups in total. The first kappa shape index (κ1) is 12.1. The molecule has 0 aromatic heterocycles. The molecule has 1 rings (SSSR count). The number of hydrogen-bond donors (Lipinski definition) is 0. The SMILES string of the molecule is COC(=O)CCCc1ccccc1CCl. The number of alkyl halides is 1. The van der Waals surface area contributed by atoms with Gasteiger partial charge in [0.2, 0.25) is 0 Å². The molecule has 0 aliphatic carbocycles. The molecule has 0 unspecified atom stereocenters. The molecule has 0 spiro atoms. The molecule has 0 fully saturated rings. The molecular formula is C12H15ClO2. The van der Waals surface area contributed by atoms with Crippen LogP contribution in [0.25, 0.3) is 0 Å². The standard InChI is InChI=1S/C12H15ClO2/c1-15-12(14)8-4-7-10-5-2-3-6-11(10)9-13/h2-3,5-6H,4,7-9H2,1H3. The fourth-order valence-corrected chi connectivity index (χ4v) is 1.72. The maximum atomic E-state index is 10.9. The first-order chi connectivity index (χ1) is 7.27. The van der Waals surface area contributed by atoms with Gasteiger partial charge >= 0.3 is 5.97 Å². The Labute approximate surface area is 95.2 Å². The maximum Gasteiger partial charge on any atom is 0.305 e. The normalized spacial score (nSPS) is 10.0. The molecule has 3 heteroatoms. The van der Waals surface area contributed by atoms with E-state index in [0.29, 0.717) is 12.3 Å². The molecule has 2 nitrogen and oxygen atoms in total. The first-order valence-electron chi connectivity index (χ1n) is 4.97. The van der Waals surface area contributed by atoms with Crippen LogP contribution >= 0.6 is 11.6 Å². The lowest BCUT2D eigenvalue weighted by atomic mass is 10.0. The van der Waals surface area contributed by atoms with Crippen LogP contribution in [0, 0.1) is 0 Å². The first-order valence-corrected chi connectivity index (χ1v) is 5.51. The van der Waals surface area contributed by atoms with Gasteiger partial charge < -0.3 is 4.74 Å². The zero-order valence-electron chi connectivity index (χ0n) is 8.83. The average molecular weight is 227 g/mol. The van der Waals surface area contributed by atoms with Crippen molar-refractivity contribution in [3.05, 3.63) is 35.4 Å². The summed E-state index contributed by atoms with van der Waals surface area (Å²) in [5, 5.41) is 0. The summed E-state index contributed by atoms with van der Waals surface area (Å²) in [5.74, 6) is 0.368. The molecule has 0 radical (unpaired) electrons. The van der Waals surface area contributed by atoms with Crippen molar-refractivity contribution >= 4 is 17.6 Å². The fraction of sp³-hybridized carbons (Fsp3) is 0.417. The predicted molar refractivity (Wildman–Crippen MR) is 61.0 cm³/mol. The molecule has 0 bridgehead atoms. The lowest BCUT2D eigenvalue weighted by molar-refractivity contribution is -0.140. The summed E-state index contributed by atoms with van der Waals surface area (Å²) in [4.78, 5) is 10.9. The van der Waals surface area contributed by atoms with Gasteiger partial charge in [0.1, 0.15) is 0 Å². The molecule has 1 aromatic carbocycles. The van der Waals surface area contributed by atoms with Crippen LogP contribution in [0.15, 0.2) is 24.3 Å². The van der Waals surface area contributed by atoms with Crippen LogP contribution in [0.2, 0.25) is 0 Å². The van der Waals surface area contributed by atoms with Crippen molar-refractivity contribution in [2.45, 2.75) is 25.1 Å². The predicted octanol–water partition coefficient (Wildman–Crippen LogP) is 2.92. The highest BCUT2D eigenvalue weighted by atomic mass is 35.5. The van der Waals surface area contributed by atoms with E-state index < -0.39 is 0 Å². The molecule has 0 saturated heterocycles. The van der Waals surface area contributed by atoms with Crippen molar-refractivity contribution in [1.82, 2.24) is 0 Å². The Balaban J connectivity index is 2.46. The second kappa shape index (κ2) is 6.46. The van der Waals surface area contributed by atoms with E-state index in [2.05, 4.69) is 10.8 Å². The molecule has 0 atom stereocenters. The Morgan fingerprint density at radius 1 is 1.33 bits per heavy atom. The van der Waals surface area contributed by atoms with Crippen molar-refractivity contribution in [2.75, 3.05) is 7.11 Å². The zero-order chi connectivity index (χ0) is 11.1. The molecule has 0 aliphatic rings. The van der Waals surface area contributed by atoms with Crippen LogP contribution in [0.4, 0.5) is 0 Å². The third-order valence-electron chi connectivity index (χ3n) is 2.32. The fourth-order valence-electron chi connectivity index (χ4n) is 1.46. The van der Waals surface area contributed by atoms with E-state index in [9.17, 15) is 4.79 Å². The molecule has 0 amide bonds. The van der Waals surface area contributed by atoms with Gasteiger partial charge in [0, 0.05) is 12.3 Å². The topological polar surface area (TPSA) is 26.3 Å². The summed E-state index contributed by atoms with van der Waals surface area (Å²) in [6.45, 7) is 0. The highest BCUT2D eigenvalue weighted by Crippen LogP contribution is 2.14. The van der Waals surface area contributed by atoms with Gasteiger partial charge in [-0.1, -0.05) is 24.3 Å². The number of esters is 1. The van der Waals surface area contributed by atoms with E-state index in [1.165, 1.54) is 12.7 Å². The third-order valence-corrected chi connectivity index (χ3v) is 2.60. The van der Waals surface area contributed by atoms with E-state index in [-0.39, 0.29) is 5.97 Å². The molecule has 1 aromatic rings. The largest absolute Gasteiger partial charge is 0.469 e. The molecule has 82 valence electrons. The van der Waals surface area contributed by atoms with Crippen LogP contribution in [-0.4, -0.2) is 13.1 Å². The van der Waals surface area contributed by atoms with Crippen LogP contribution in [0.3, 0.4) is 0 Å². The van der Waals surface area contributed by atoms with Gasteiger partial charge in [0.15, 0.2) is 0 Å². The lowest BCUT2D eigenvalue weighted by Gasteiger charge is -2.05. The van der Waals surface area contributed by atoms with Gasteiger partial charge in [-0.05, 0) is 24.0 Å². The quantitative estimate of drug-likeness (QED) is 0.570. The minimum atomic E-state index is -0.154. The van der Waals surface area contributed by atoms with Crippen LogP contribution < -0.4 is 0 Å². The van der Waals surface area contributed by atoms with Gasteiger partial charge in [-0.25, -0.2) is 0 Å². The van der Waals surface area contributed by atoms with Gasteiger partial charge in [0.05, 0.1) is 7.11 Å². The van der Waals surface area contributed by atoms with Crippen molar-refractivity contribution in [2.24, 2.45) is 0 Å². The minimum Gasteiger partial charge on any atom is -0.469 e. The van der Waals surface area contributed by atoms with Crippen LogP contribution in [0.1, 0.15) is 24.0 Å². The van der Waals surface area contributed by atoms with E-state index >= 15 is 0 Å². The van der Waals surface area contributed by atoms with Crippen molar-refractivity contribution in [1.29, 1.82) is 0 Å². The van der Waals surface area contributed by atoms with E-state index in [0.717, 1.165) is 18.4 Å². The van der Waals surface area contributed by atoms with Gasteiger partial charge in [0.25, 0.3) is 0 Å². The molecule has 0 aliphatic heterocycles. The van der Waals surface area contributed by atoms with Crippen molar-refractivity contribution < 1.29 is 9.53 Å². The number of rotatable bonds is 5. The monoisotopic (exact) mass is 226 g/mol. The summed E-state index contributed by atoms with van der Waals surface area (Å²) in [6.07, 6.45) is 2.14. The number of methoxy groups -OCH3 is 1. The molecular weight excluding hydrogens is 212 g/mol. The Kier molecular flexibility index (Phi) is 5.19. The minimum absolute atomic E-state index is 0.154. The maximum absolute atomic E-state index is 10.9. The molecule has 0 heterocycles. The Hall–Kier alpha value is -1.02. The Bertz CT molecular complexity index is 323. The van der Waals surface area contributed by atoms with E-state index in [1.807, 2.05) is 18.2 Å². The number of halogens is 1. The zero-order valence-corrected chi connectivity index (χ0v) is 9.59. The van der Waals surface area contributed by atoms with E-state index in [4.69, 9.17) is 11.6 Å². The summed E-state index contributed by atoms with van der Waals surface area (Å²) in [5.41, 5.74) is 2.36. The van der Waals surface area contributed by atoms with Gasteiger partial charge in [-0.2, -0.15) is 0 Å². The lowest BCUT2D eigenvalue weighted by Crippen LogP contribution is -2.01. The number of ether oxygens (including phenoxy) is 1. The Morgan fingerprint density at radius 3 is 2.60 bits per heavy atom. The van der Waals surface area contributed by atoms with Crippen molar-refractivity contribution in [3.63, 3.8) is 0 Å². The summed E-state index contributed by atoms with van der Waals surface area (Å²) >= 11 is 5.81. The summed E-state index contributed by atoms with van der Waals surface area (Å²) in [7, 11) is 1.41. The third kappa shape index (κ3) is 3.92. The summed E-state index contributed by atoms with van der Waals surface area (Å²) < 4.78 is 4.58. The van der Waals surface area contributed by atoms with E-state index in [1.54, 1.807) is 0 Å². The second-order valence-electron chi connectivity index (χ2n) is 3.33. The molecule has 15 heavy (non-hydrogen) atoms. The van der Waals surface area contributed by atoms with Gasteiger partial charge in [-0.3, -0.25) is 4.79 Å². The summed E-state index contributed by atoms with van der Waals surface area (Å²) in [6, 6.07) is 8.03. The second-order valence-corrected chi connectivity index (χ2v) is 3.60. The van der Waals surface area contributed by atoms with Gasteiger partial charge in [-0.15, -0.1) is 11.6 Å². The Morgan fingerprint density at radius 2 is 2.00 bits per heavy atom. The number of aryl methyl sites for hydroxylation is 1. The average Bonchev–Trinajstić information content (AvgIpc) is 2.29. The highest BCUT2D eigenvalue weighted by molar-refractivity contribution is 6.17. The number of carbonyl (C=O) groups is 1. The number of carbonyl (C=O) groups excluding carboxylic acids is 1. The highest BCUT2D eigenvalue weighted by Gasteiger charge is 2.03. The number of hydrogen-bond acceptors (Lipinski definition) is 2. The smallest absolute Gasteiger partial charge is 0.305 e.